The van der Waals surface area contributed by atoms with Gasteiger partial charge in [0.15, 0.2) is 0 Å². The van der Waals surface area contributed by atoms with Crippen molar-refractivity contribution < 1.29 is 9.59 Å². The van der Waals surface area contributed by atoms with Crippen LogP contribution in [-0.4, -0.2) is 43.5 Å². The van der Waals surface area contributed by atoms with Gasteiger partial charge in [0.2, 0.25) is 0 Å². The molecule has 1 aromatic carbocycles. The molecule has 1 aliphatic rings. The maximum atomic E-state index is 12.1. The Bertz CT molecular complexity index is 436. The number of urea groups is 1. The zero-order valence-electron chi connectivity index (χ0n) is 10.3. The Morgan fingerprint density at radius 1 is 1.22 bits per heavy atom. The minimum absolute atomic E-state index is 0. The SMILES string of the molecule is CN(C)CC1NC(=O)N(c2ccccc2)C1=O.Cl. The van der Waals surface area contributed by atoms with Crippen LogP contribution in [0.4, 0.5) is 10.5 Å². The molecule has 0 bridgehead atoms. The van der Waals surface area contributed by atoms with Gasteiger partial charge in [0.05, 0.1) is 5.69 Å². The molecule has 1 atom stereocenters. The number of halogens is 1. The van der Waals surface area contributed by atoms with E-state index in [0.29, 0.717) is 12.2 Å². The van der Waals surface area contributed by atoms with E-state index < -0.39 is 6.04 Å². The van der Waals surface area contributed by atoms with Gasteiger partial charge < -0.3 is 10.2 Å². The summed E-state index contributed by atoms with van der Waals surface area (Å²) >= 11 is 0. The molecule has 6 heteroatoms. The minimum atomic E-state index is -0.460. The van der Waals surface area contributed by atoms with E-state index in [1.807, 2.05) is 25.1 Å². The lowest BCUT2D eigenvalue weighted by Gasteiger charge is -2.15. The van der Waals surface area contributed by atoms with Gasteiger partial charge in [-0.05, 0) is 26.2 Å². The Hall–Kier alpha value is -1.59. The van der Waals surface area contributed by atoms with Crippen molar-refractivity contribution in [3.05, 3.63) is 30.3 Å². The van der Waals surface area contributed by atoms with Crippen LogP contribution in [0.1, 0.15) is 0 Å². The van der Waals surface area contributed by atoms with E-state index in [4.69, 9.17) is 0 Å². The second-order valence-electron chi connectivity index (χ2n) is 4.27. The van der Waals surface area contributed by atoms with Crippen LogP contribution in [0.3, 0.4) is 0 Å². The van der Waals surface area contributed by atoms with Crippen LogP contribution < -0.4 is 10.2 Å². The molecule has 18 heavy (non-hydrogen) atoms. The van der Waals surface area contributed by atoms with Gasteiger partial charge >= 0.3 is 6.03 Å². The number of hydrogen-bond donors (Lipinski definition) is 1. The highest BCUT2D eigenvalue weighted by Crippen LogP contribution is 2.18. The molecule has 0 spiro atoms. The molecule has 3 amide bonds. The maximum absolute atomic E-state index is 12.1. The van der Waals surface area contributed by atoms with Gasteiger partial charge in [0.25, 0.3) is 5.91 Å². The number of rotatable bonds is 3. The molecule has 5 nitrogen and oxygen atoms in total. The zero-order chi connectivity index (χ0) is 12.4. The van der Waals surface area contributed by atoms with Gasteiger partial charge in [-0.15, -0.1) is 12.4 Å². The van der Waals surface area contributed by atoms with Crippen molar-refractivity contribution in [3.63, 3.8) is 0 Å². The largest absolute Gasteiger partial charge is 0.329 e. The number of amides is 3. The Balaban J connectivity index is 0.00000162. The summed E-state index contributed by atoms with van der Waals surface area (Å²) in [7, 11) is 3.73. The molecule has 1 N–H and O–H groups in total. The highest BCUT2D eigenvalue weighted by molar-refractivity contribution is 6.21. The second kappa shape index (κ2) is 5.84. The number of para-hydroxylation sites is 1. The highest BCUT2D eigenvalue weighted by atomic mass is 35.5. The lowest BCUT2D eigenvalue weighted by Crippen LogP contribution is -2.39. The van der Waals surface area contributed by atoms with Gasteiger partial charge in [-0.1, -0.05) is 18.2 Å². The third kappa shape index (κ3) is 2.80. The average molecular weight is 270 g/mol. The van der Waals surface area contributed by atoms with E-state index >= 15 is 0 Å². The molecule has 1 saturated heterocycles. The van der Waals surface area contributed by atoms with Crippen LogP contribution in [0.5, 0.6) is 0 Å². The summed E-state index contributed by atoms with van der Waals surface area (Å²) in [6.07, 6.45) is 0. The molecular weight excluding hydrogens is 254 g/mol. The fourth-order valence-corrected chi connectivity index (χ4v) is 1.84. The van der Waals surface area contributed by atoms with Crippen LogP contribution in [0.2, 0.25) is 0 Å². The lowest BCUT2D eigenvalue weighted by atomic mass is 10.2. The first-order valence-electron chi connectivity index (χ1n) is 5.44. The summed E-state index contributed by atoms with van der Waals surface area (Å²) in [6, 6.07) is 8.12. The third-order valence-electron chi connectivity index (χ3n) is 2.58. The van der Waals surface area contributed by atoms with Crippen LogP contribution in [-0.2, 0) is 4.79 Å². The van der Waals surface area contributed by atoms with Crippen molar-refractivity contribution in [1.82, 2.24) is 10.2 Å². The number of carbonyl (C=O) groups excluding carboxylic acids is 2. The molecule has 1 aromatic rings. The van der Waals surface area contributed by atoms with Crippen molar-refractivity contribution >= 4 is 30.0 Å². The monoisotopic (exact) mass is 269 g/mol. The smallest absolute Gasteiger partial charge is 0.324 e. The lowest BCUT2D eigenvalue weighted by molar-refractivity contribution is -0.118. The van der Waals surface area contributed by atoms with E-state index in [9.17, 15) is 9.59 Å². The summed E-state index contributed by atoms with van der Waals surface area (Å²) in [5.74, 6) is -0.199. The molecule has 1 unspecified atom stereocenters. The Morgan fingerprint density at radius 2 is 1.83 bits per heavy atom. The van der Waals surface area contributed by atoms with Crippen LogP contribution in [0, 0.1) is 0 Å². The number of hydrogen-bond acceptors (Lipinski definition) is 3. The Morgan fingerprint density at radius 3 is 2.39 bits per heavy atom. The predicted molar refractivity (Wildman–Crippen MR) is 72.0 cm³/mol. The topological polar surface area (TPSA) is 52.7 Å². The summed E-state index contributed by atoms with van der Waals surface area (Å²) in [4.78, 5) is 26.9. The summed E-state index contributed by atoms with van der Waals surface area (Å²) in [5, 5.41) is 2.68. The molecule has 0 aliphatic carbocycles. The maximum Gasteiger partial charge on any atom is 0.329 e. The van der Waals surface area contributed by atoms with E-state index in [1.54, 1.807) is 24.3 Å². The molecule has 98 valence electrons. The normalized spacial score (nSPS) is 18.8. The summed E-state index contributed by atoms with van der Waals surface area (Å²) < 4.78 is 0. The van der Waals surface area contributed by atoms with Gasteiger partial charge in [0.1, 0.15) is 6.04 Å². The number of nitrogens with zero attached hydrogens (tertiary/aromatic N) is 2. The van der Waals surface area contributed by atoms with E-state index in [-0.39, 0.29) is 24.3 Å². The van der Waals surface area contributed by atoms with Gasteiger partial charge in [0, 0.05) is 6.54 Å². The van der Waals surface area contributed by atoms with E-state index in [2.05, 4.69) is 5.32 Å². The van der Waals surface area contributed by atoms with Crippen molar-refractivity contribution in [3.8, 4) is 0 Å². The highest BCUT2D eigenvalue weighted by Gasteiger charge is 2.38. The Kier molecular flexibility index (Phi) is 4.69. The standard InChI is InChI=1S/C12H15N3O2.ClH/c1-14(2)8-10-11(16)15(12(17)13-10)9-6-4-3-5-7-9;/h3-7,10H,8H2,1-2H3,(H,13,17);1H. The fourth-order valence-electron chi connectivity index (χ4n) is 1.84. The van der Waals surface area contributed by atoms with E-state index in [1.165, 1.54) is 4.90 Å². The van der Waals surface area contributed by atoms with Crippen LogP contribution >= 0.6 is 12.4 Å². The number of nitrogens with one attached hydrogen (secondary N) is 1. The third-order valence-corrected chi connectivity index (χ3v) is 2.58. The first-order chi connectivity index (χ1) is 8.09. The van der Waals surface area contributed by atoms with Crippen molar-refractivity contribution in [2.45, 2.75) is 6.04 Å². The van der Waals surface area contributed by atoms with Gasteiger partial charge in [-0.2, -0.15) is 0 Å². The molecule has 1 aliphatic heterocycles. The summed E-state index contributed by atoms with van der Waals surface area (Å²) in [5.41, 5.74) is 0.608. The molecule has 0 radical (unpaired) electrons. The number of likely N-dealkylation sites (N-methyl/N-ethyl adjacent to an activating group) is 1. The number of benzene rings is 1. The van der Waals surface area contributed by atoms with E-state index in [0.717, 1.165) is 0 Å². The first-order valence-corrected chi connectivity index (χ1v) is 5.44. The predicted octanol–water partition coefficient (Wildman–Crippen LogP) is 1.09. The molecule has 2 rings (SSSR count). The molecular formula is C12H16ClN3O2. The van der Waals surface area contributed by atoms with Crippen molar-refractivity contribution in [1.29, 1.82) is 0 Å². The van der Waals surface area contributed by atoms with Crippen molar-refractivity contribution in [2.24, 2.45) is 0 Å². The van der Waals surface area contributed by atoms with Gasteiger partial charge in [-0.3, -0.25) is 4.79 Å². The van der Waals surface area contributed by atoms with Crippen molar-refractivity contribution in [2.75, 3.05) is 25.5 Å². The second-order valence-corrected chi connectivity index (χ2v) is 4.27. The van der Waals surface area contributed by atoms with Crippen LogP contribution in [0.15, 0.2) is 30.3 Å². The molecule has 0 aromatic heterocycles. The number of carbonyl (C=O) groups is 2. The fraction of sp³-hybridized carbons (Fsp3) is 0.333. The zero-order valence-corrected chi connectivity index (χ0v) is 11.1. The average Bonchev–Trinajstić information content (AvgIpc) is 2.54. The minimum Gasteiger partial charge on any atom is -0.324 e. The number of imide groups is 1. The van der Waals surface area contributed by atoms with Crippen LogP contribution in [0.25, 0.3) is 0 Å². The Labute approximate surface area is 112 Å². The van der Waals surface area contributed by atoms with Gasteiger partial charge in [-0.25, -0.2) is 9.69 Å². The molecule has 1 fully saturated rings. The first kappa shape index (κ1) is 14.5. The number of anilines is 1. The summed E-state index contributed by atoms with van der Waals surface area (Å²) in [6.45, 7) is 0.508. The molecule has 1 heterocycles. The molecule has 0 saturated carbocycles. The quantitative estimate of drug-likeness (QED) is 0.836.